The fraction of sp³-hybridized carbons (Fsp3) is 0.364. The van der Waals surface area contributed by atoms with Gasteiger partial charge in [0.1, 0.15) is 5.75 Å². The van der Waals surface area contributed by atoms with E-state index in [1.807, 2.05) is 0 Å². The summed E-state index contributed by atoms with van der Waals surface area (Å²) in [6.07, 6.45) is -0.142. The number of benzene rings is 1. The molecule has 1 aromatic rings. The maximum Gasteiger partial charge on any atom is 0.310 e. The van der Waals surface area contributed by atoms with Crippen molar-refractivity contribution in [2.75, 3.05) is 14.2 Å². The molecule has 6 nitrogen and oxygen atoms in total. The minimum atomic E-state index is -0.543. The van der Waals surface area contributed by atoms with Crippen LogP contribution in [0.25, 0.3) is 0 Å². The lowest BCUT2D eigenvalue weighted by Crippen LogP contribution is -2.08. The van der Waals surface area contributed by atoms with Gasteiger partial charge in [-0.1, -0.05) is 15.9 Å². The predicted molar refractivity (Wildman–Crippen MR) is 68.0 cm³/mol. The molecule has 0 spiro atoms. The van der Waals surface area contributed by atoms with Crippen LogP contribution in [0.5, 0.6) is 5.75 Å². The minimum Gasteiger partial charge on any atom is -0.496 e. The van der Waals surface area contributed by atoms with E-state index in [-0.39, 0.29) is 12.1 Å². The van der Waals surface area contributed by atoms with E-state index in [9.17, 15) is 14.9 Å². The number of nitrogens with zero attached hydrogens (tertiary/aromatic N) is 1. The van der Waals surface area contributed by atoms with Crippen molar-refractivity contribution < 1.29 is 19.2 Å². The van der Waals surface area contributed by atoms with Crippen molar-refractivity contribution >= 4 is 27.6 Å². The smallest absolute Gasteiger partial charge is 0.310 e. The Morgan fingerprint density at radius 1 is 1.39 bits per heavy atom. The number of hydrogen-bond donors (Lipinski definition) is 0. The number of methoxy groups -OCH3 is 2. The molecule has 0 radical (unpaired) electrons. The maximum atomic E-state index is 11.2. The lowest BCUT2D eigenvalue weighted by Gasteiger charge is -2.09. The Balaban J connectivity index is 3.28. The average molecular weight is 318 g/mol. The maximum absolute atomic E-state index is 11.2. The zero-order chi connectivity index (χ0) is 13.7. The summed E-state index contributed by atoms with van der Waals surface area (Å²) in [5.74, 6) is -0.115. The number of nitro groups is 1. The summed E-state index contributed by atoms with van der Waals surface area (Å²) in [5.41, 5.74) is 0.894. The topological polar surface area (TPSA) is 78.7 Å². The van der Waals surface area contributed by atoms with Gasteiger partial charge in [-0.2, -0.15) is 0 Å². The van der Waals surface area contributed by atoms with E-state index in [4.69, 9.17) is 4.74 Å². The van der Waals surface area contributed by atoms with Gasteiger partial charge in [-0.15, -0.1) is 0 Å². The molecule has 0 saturated heterocycles. The van der Waals surface area contributed by atoms with Crippen molar-refractivity contribution in [2.24, 2.45) is 0 Å². The summed E-state index contributed by atoms with van der Waals surface area (Å²) >= 11 is 3.26. The van der Waals surface area contributed by atoms with Crippen LogP contribution in [-0.4, -0.2) is 25.1 Å². The number of carbonyl (C=O) groups excluding carboxylic acids is 1. The Morgan fingerprint density at radius 3 is 2.50 bits per heavy atom. The molecule has 0 bridgehead atoms. The molecule has 0 fully saturated rings. The van der Waals surface area contributed by atoms with Crippen molar-refractivity contribution in [1.29, 1.82) is 0 Å². The number of halogens is 1. The lowest BCUT2D eigenvalue weighted by atomic mass is 10.1. The van der Waals surface area contributed by atoms with Crippen molar-refractivity contribution in [2.45, 2.75) is 11.8 Å². The fourth-order valence-electron chi connectivity index (χ4n) is 1.50. The van der Waals surface area contributed by atoms with Crippen LogP contribution in [0.1, 0.15) is 11.1 Å². The number of esters is 1. The van der Waals surface area contributed by atoms with Gasteiger partial charge in [0.2, 0.25) is 0 Å². The second kappa shape index (κ2) is 6.34. The third kappa shape index (κ3) is 3.19. The number of ether oxygens (including phenoxy) is 2. The van der Waals surface area contributed by atoms with Crippen LogP contribution in [0.15, 0.2) is 12.1 Å². The molecule has 0 aliphatic rings. The summed E-state index contributed by atoms with van der Waals surface area (Å²) in [6.45, 7) is 0. The van der Waals surface area contributed by atoms with E-state index in [1.165, 1.54) is 20.3 Å². The summed E-state index contributed by atoms with van der Waals surface area (Å²) in [7, 11) is 2.67. The SMILES string of the molecule is COC(=O)Cc1cc(CBr)c(OC)cc1[N+](=O)[O-]. The molecule has 0 saturated carbocycles. The highest BCUT2D eigenvalue weighted by Crippen LogP contribution is 2.30. The molecule has 0 atom stereocenters. The predicted octanol–water partition coefficient (Wildman–Crippen LogP) is 2.21. The van der Waals surface area contributed by atoms with Crippen LogP contribution in [0.4, 0.5) is 5.69 Å². The van der Waals surface area contributed by atoms with E-state index in [0.29, 0.717) is 16.6 Å². The molecule has 0 aromatic heterocycles. The van der Waals surface area contributed by atoms with E-state index in [2.05, 4.69) is 20.7 Å². The lowest BCUT2D eigenvalue weighted by molar-refractivity contribution is -0.385. The van der Waals surface area contributed by atoms with Gasteiger partial charge < -0.3 is 9.47 Å². The monoisotopic (exact) mass is 317 g/mol. The van der Waals surface area contributed by atoms with Crippen LogP contribution in [0.2, 0.25) is 0 Å². The number of alkyl halides is 1. The molecule has 98 valence electrons. The molecule has 7 heteroatoms. The van der Waals surface area contributed by atoms with Crippen LogP contribution in [-0.2, 0) is 21.3 Å². The first-order chi connectivity index (χ1) is 8.53. The molecule has 1 aromatic carbocycles. The quantitative estimate of drug-likeness (QED) is 0.360. The first-order valence-corrected chi connectivity index (χ1v) is 6.12. The van der Waals surface area contributed by atoms with Crippen molar-refractivity contribution in [3.05, 3.63) is 33.4 Å². The normalized spacial score (nSPS) is 9.94. The standard InChI is InChI=1S/C11H12BrNO5/c1-17-10-5-9(13(15)16)7(3-8(10)6-12)4-11(14)18-2/h3,5H,4,6H2,1-2H3. The first kappa shape index (κ1) is 14.4. The van der Waals surface area contributed by atoms with Gasteiger partial charge in [-0.3, -0.25) is 14.9 Å². The zero-order valence-electron chi connectivity index (χ0n) is 9.94. The Kier molecular flexibility index (Phi) is 5.08. The van der Waals surface area contributed by atoms with Gasteiger partial charge in [0, 0.05) is 16.5 Å². The molecular weight excluding hydrogens is 306 g/mol. The molecule has 0 aliphatic carbocycles. The van der Waals surface area contributed by atoms with Gasteiger partial charge in [-0.25, -0.2) is 0 Å². The number of nitro benzene ring substituents is 1. The molecule has 0 amide bonds. The Bertz CT molecular complexity index is 475. The van der Waals surface area contributed by atoms with Crippen molar-refractivity contribution in [3.8, 4) is 5.75 Å². The van der Waals surface area contributed by atoms with Gasteiger partial charge in [0.25, 0.3) is 5.69 Å². The molecule has 0 aliphatic heterocycles. The fourth-order valence-corrected chi connectivity index (χ4v) is 1.94. The zero-order valence-corrected chi connectivity index (χ0v) is 11.5. The molecule has 18 heavy (non-hydrogen) atoms. The second-order valence-electron chi connectivity index (χ2n) is 3.44. The average Bonchev–Trinajstić information content (AvgIpc) is 2.37. The summed E-state index contributed by atoms with van der Waals surface area (Å²) in [6, 6.07) is 2.89. The molecule has 1 rings (SSSR count). The number of carbonyl (C=O) groups is 1. The van der Waals surface area contributed by atoms with Gasteiger partial charge in [0.15, 0.2) is 0 Å². The van der Waals surface area contributed by atoms with Gasteiger partial charge in [0.05, 0.1) is 31.6 Å². The minimum absolute atomic E-state index is 0.142. The van der Waals surface area contributed by atoms with E-state index in [1.54, 1.807) is 6.07 Å². The Hall–Kier alpha value is -1.63. The summed E-state index contributed by atoms with van der Waals surface area (Å²) in [4.78, 5) is 21.6. The molecule has 0 heterocycles. The molecule has 0 unspecified atom stereocenters. The van der Waals surface area contributed by atoms with Crippen LogP contribution >= 0.6 is 15.9 Å². The van der Waals surface area contributed by atoms with Gasteiger partial charge in [-0.05, 0) is 6.07 Å². The largest absolute Gasteiger partial charge is 0.496 e. The highest BCUT2D eigenvalue weighted by atomic mass is 79.9. The molecule has 0 N–H and O–H groups in total. The van der Waals surface area contributed by atoms with Crippen molar-refractivity contribution in [3.63, 3.8) is 0 Å². The first-order valence-electron chi connectivity index (χ1n) is 5.00. The van der Waals surface area contributed by atoms with E-state index < -0.39 is 10.9 Å². The molecular formula is C11H12BrNO5. The van der Waals surface area contributed by atoms with Crippen LogP contribution in [0.3, 0.4) is 0 Å². The second-order valence-corrected chi connectivity index (χ2v) is 4.00. The van der Waals surface area contributed by atoms with Crippen LogP contribution in [0, 0.1) is 10.1 Å². The Morgan fingerprint density at radius 2 is 2.06 bits per heavy atom. The highest BCUT2D eigenvalue weighted by Gasteiger charge is 2.20. The van der Waals surface area contributed by atoms with E-state index in [0.717, 1.165) is 5.56 Å². The number of rotatable bonds is 5. The third-order valence-corrected chi connectivity index (χ3v) is 2.99. The summed E-state index contributed by atoms with van der Waals surface area (Å²) < 4.78 is 9.58. The summed E-state index contributed by atoms with van der Waals surface area (Å²) in [5, 5.41) is 11.4. The van der Waals surface area contributed by atoms with Gasteiger partial charge >= 0.3 is 5.97 Å². The van der Waals surface area contributed by atoms with Crippen LogP contribution < -0.4 is 4.74 Å². The van der Waals surface area contributed by atoms with Crippen molar-refractivity contribution in [1.82, 2.24) is 0 Å². The third-order valence-electron chi connectivity index (χ3n) is 2.38. The number of hydrogen-bond acceptors (Lipinski definition) is 5. The highest BCUT2D eigenvalue weighted by molar-refractivity contribution is 9.08. The Labute approximate surface area is 112 Å². The van der Waals surface area contributed by atoms with E-state index >= 15 is 0 Å².